The zero-order valence-electron chi connectivity index (χ0n) is 42.5. The van der Waals surface area contributed by atoms with Gasteiger partial charge >= 0.3 is 35.8 Å². The zero-order chi connectivity index (χ0) is 55.0. The number of aromatic nitrogens is 1. The first-order valence-electron chi connectivity index (χ1n) is 24.5. The molecule has 0 spiro atoms. The number of rotatable bonds is 36. The van der Waals surface area contributed by atoms with Crippen LogP contribution in [0.4, 0.5) is 5.13 Å². The molecule has 0 fully saturated rings. The highest BCUT2D eigenvalue weighted by Gasteiger charge is 2.18. The minimum atomic E-state index is -0.749. The molecule has 0 amide bonds. The number of unbranched alkanes of at least 4 members (excludes halogenated alkanes) is 2. The highest BCUT2D eigenvalue weighted by molar-refractivity contribution is 7.22. The van der Waals surface area contributed by atoms with Crippen LogP contribution in [-0.4, -0.2) is 119 Å². The molecule has 5 rings (SSSR count). The molecule has 4 aromatic carbocycles. The lowest BCUT2D eigenvalue weighted by molar-refractivity contribution is -0.148. The molecule has 0 bridgehead atoms. The maximum absolute atomic E-state index is 13.5. The fraction of sp³-hybridized carbons (Fsp3) is 0.298. The average Bonchev–Trinajstić information content (AvgIpc) is 3.87. The van der Waals surface area contributed by atoms with Crippen molar-refractivity contribution >= 4 is 68.7 Å². The van der Waals surface area contributed by atoms with E-state index in [1.807, 2.05) is 24.3 Å². The highest BCUT2D eigenvalue weighted by atomic mass is 32.1. The summed E-state index contributed by atoms with van der Waals surface area (Å²) in [4.78, 5) is 77.4. The molecule has 406 valence electrons. The third-order valence-electron chi connectivity index (χ3n) is 10.6. The monoisotopic (exact) mass is 1080 g/mol. The maximum atomic E-state index is 13.5. The van der Waals surface area contributed by atoms with Gasteiger partial charge in [0, 0.05) is 55.9 Å². The molecule has 0 aliphatic rings. The Kier molecular flexibility index (Phi) is 25.8. The normalized spacial score (nSPS) is 11.6. The lowest BCUT2D eigenvalue weighted by Gasteiger charge is -2.18. The van der Waals surface area contributed by atoms with Crippen molar-refractivity contribution in [3.05, 3.63) is 164 Å². The number of ether oxygens (including phenoxy) is 10. The van der Waals surface area contributed by atoms with Gasteiger partial charge in [0.15, 0.2) is 6.10 Å². The van der Waals surface area contributed by atoms with Gasteiger partial charge in [-0.15, -0.1) is 0 Å². The van der Waals surface area contributed by atoms with Crippen LogP contribution < -0.4 is 19.6 Å². The molecular formula is C57H61N3O16S. The smallest absolute Gasteiger partial charge is 0.343 e. The number of hydrogen-bond acceptors (Lipinski definition) is 20. The van der Waals surface area contributed by atoms with Gasteiger partial charge in [-0.2, -0.15) is 5.10 Å². The van der Waals surface area contributed by atoms with Crippen molar-refractivity contribution in [1.82, 2.24) is 4.98 Å². The van der Waals surface area contributed by atoms with Crippen molar-refractivity contribution in [3.63, 3.8) is 0 Å². The summed E-state index contributed by atoms with van der Waals surface area (Å²) >= 11 is 1.42. The number of anilines is 1. The SMILES string of the molecule is C=CC(=O)OCCCCOCC(CCOc1ccc(C(=O)Oc2ccc(CCOC(=O)c3ccc(OCC(COCCCCOC(=O)C=C)OC(=O)C=C)cc3)cc2/C=N/Nc2nc3ccccc3s2)cc1)OC(=O)C=C. The number of carbonyl (C=O) groups is 6. The number of carbonyl (C=O) groups excluding carboxylic acids is 6. The van der Waals surface area contributed by atoms with Crippen LogP contribution in [0.1, 0.15) is 63.9 Å². The lowest BCUT2D eigenvalue weighted by atomic mass is 10.1. The third-order valence-corrected chi connectivity index (χ3v) is 11.5. The molecule has 20 heteroatoms. The molecule has 1 aromatic heterocycles. The van der Waals surface area contributed by atoms with Gasteiger partial charge in [0.2, 0.25) is 5.13 Å². The first-order chi connectivity index (χ1) is 37.5. The number of para-hydroxylation sites is 1. The molecule has 77 heavy (non-hydrogen) atoms. The van der Waals surface area contributed by atoms with Gasteiger partial charge in [0.25, 0.3) is 0 Å². The fourth-order valence-corrected chi connectivity index (χ4v) is 7.44. The second-order valence-corrected chi connectivity index (χ2v) is 17.4. The summed E-state index contributed by atoms with van der Waals surface area (Å²) in [6, 6.07) is 25.5. The Morgan fingerprint density at radius 2 is 1.16 bits per heavy atom. The Bertz CT molecular complexity index is 2760. The first-order valence-corrected chi connectivity index (χ1v) is 25.3. The van der Waals surface area contributed by atoms with Gasteiger partial charge < -0.3 is 47.4 Å². The van der Waals surface area contributed by atoms with E-state index in [0.29, 0.717) is 73.9 Å². The standard InChI is InChI=1S/C57H61N3O16S/c1-5-51(61)70-31-13-11-29-67-37-46(74-53(63)7-3)28-34-69-44-22-20-42(21-23-44)56(66)76-49-26-17-40(35-43(49)36-58-60-57-59-48-15-9-10-16-50(48)77-57)27-33-72-55(65)41-18-24-45(25-19-41)73-39-47(75-54(64)8-4)38-68-30-12-14-32-71-52(62)6-2/h5-10,15-26,35-36,46-47H,1-4,11-14,27-34,37-39H2,(H,59,60)/b58-36+. The van der Waals surface area contributed by atoms with Crippen LogP contribution in [0.15, 0.2) is 147 Å². The summed E-state index contributed by atoms with van der Waals surface area (Å²) in [6.07, 6.45) is 7.48. The van der Waals surface area contributed by atoms with Gasteiger partial charge in [0.1, 0.15) is 30.0 Å². The van der Waals surface area contributed by atoms with E-state index in [9.17, 15) is 28.8 Å². The second kappa shape index (κ2) is 33.5. The summed E-state index contributed by atoms with van der Waals surface area (Å²) in [7, 11) is 0. The number of thiazole rings is 1. The number of hydrazone groups is 1. The molecular weight excluding hydrogens is 1010 g/mol. The molecule has 1 heterocycles. The summed E-state index contributed by atoms with van der Waals surface area (Å²) in [5, 5.41) is 4.95. The van der Waals surface area contributed by atoms with E-state index in [1.54, 1.807) is 66.7 Å². The van der Waals surface area contributed by atoms with Gasteiger partial charge in [-0.25, -0.2) is 33.8 Å². The Labute approximate surface area is 450 Å². The van der Waals surface area contributed by atoms with E-state index < -0.39 is 48.0 Å². The van der Waals surface area contributed by atoms with E-state index in [-0.39, 0.29) is 63.1 Å². The van der Waals surface area contributed by atoms with Crippen LogP contribution in [0, 0.1) is 0 Å². The highest BCUT2D eigenvalue weighted by Crippen LogP contribution is 2.26. The second-order valence-electron chi connectivity index (χ2n) is 16.3. The number of benzene rings is 4. The predicted molar refractivity (Wildman–Crippen MR) is 287 cm³/mol. The summed E-state index contributed by atoms with van der Waals surface area (Å²) in [5.41, 5.74) is 5.50. The minimum Gasteiger partial charge on any atom is -0.493 e. The molecule has 19 nitrogen and oxygen atoms in total. The Balaban J connectivity index is 1.13. The number of hydrogen-bond donors (Lipinski definition) is 1. The molecule has 2 unspecified atom stereocenters. The van der Waals surface area contributed by atoms with Crippen molar-refractivity contribution in [2.75, 3.05) is 64.9 Å². The fourth-order valence-electron chi connectivity index (χ4n) is 6.62. The Hall–Kier alpha value is -8.46. The number of nitrogens with zero attached hydrogens (tertiary/aromatic N) is 2. The van der Waals surface area contributed by atoms with Crippen LogP contribution in [0.5, 0.6) is 17.2 Å². The van der Waals surface area contributed by atoms with Crippen LogP contribution >= 0.6 is 11.3 Å². The molecule has 0 aliphatic carbocycles. The Morgan fingerprint density at radius 3 is 1.78 bits per heavy atom. The summed E-state index contributed by atoms with van der Waals surface area (Å²) < 4.78 is 56.2. The van der Waals surface area contributed by atoms with E-state index >= 15 is 0 Å². The summed E-state index contributed by atoms with van der Waals surface area (Å²) in [5.74, 6) is -2.34. The van der Waals surface area contributed by atoms with Gasteiger partial charge in [-0.3, -0.25) is 5.43 Å². The van der Waals surface area contributed by atoms with E-state index in [2.05, 4.69) is 41.8 Å². The average molecular weight is 1080 g/mol. The molecule has 0 radical (unpaired) electrons. The molecule has 0 aliphatic heterocycles. The van der Waals surface area contributed by atoms with Crippen molar-refractivity contribution in [2.45, 2.75) is 50.7 Å². The molecule has 1 N–H and O–H groups in total. The number of esters is 6. The van der Waals surface area contributed by atoms with Crippen LogP contribution in [-0.2, 0) is 58.8 Å². The largest absolute Gasteiger partial charge is 0.493 e. The Morgan fingerprint density at radius 1 is 0.584 bits per heavy atom. The van der Waals surface area contributed by atoms with Gasteiger partial charge in [-0.05, 0) is 104 Å². The van der Waals surface area contributed by atoms with Gasteiger partial charge in [0.05, 0.1) is 67.2 Å². The van der Waals surface area contributed by atoms with Crippen LogP contribution in [0.3, 0.4) is 0 Å². The van der Waals surface area contributed by atoms with Crippen molar-refractivity contribution in [2.24, 2.45) is 5.10 Å². The molecule has 0 saturated carbocycles. The predicted octanol–water partition coefficient (Wildman–Crippen LogP) is 8.76. The van der Waals surface area contributed by atoms with Gasteiger partial charge in [-0.1, -0.05) is 55.9 Å². The van der Waals surface area contributed by atoms with E-state index in [1.165, 1.54) is 17.6 Å². The minimum absolute atomic E-state index is 0.0217. The van der Waals surface area contributed by atoms with E-state index in [0.717, 1.165) is 40.1 Å². The topological polar surface area (TPSA) is 232 Å². The summed E-state index contributed by atoms with van der Waals surface area (Å²) in [6.45, 7) is 15.1. The molecule has 2 atom stereocenters. The first kappa shape index (κ1) is 59.4. The number of fused-ring (bicyclic) bond motifs is 1. The van der Waals surface area contributed by atoms with Crippen molar-refractivity contribution in [3.8, 4) is 17.2 Å². The molecule has 0 saturated heterocycles. The van der Waals surface area contributed by atoms with Crippen LogP contribution in [0.25, 0.3) is 10.2 Å². The van der Waals surface area contributed by atoms with Crippen molar-refractivity contribution in [1.29, 1.82) is 0 Å². The van der Waals surface area contributed by atoms with E-state index in [4.69, 9.17) is 47.4 Å². The quantitative estimate of drug-likeness (QED) is 0.00751. The maximum Gasteiger partial charge on any atom is 0.343 e. The molecule has 5 aromatic rings. The zero-order valence-corrected chi connectivity index (χ0v) is 43.3. The van der Waals surface area contributed by atoms with Crippen LogP contribution in [0.2, 0.25) is 0 Å². The van der Waals surface area contributed by atoms with Crippen molar-refractivity contribution < 1.29 is 76.1 Å². The number of nitrogens with one attached hydrogen (secondary N) is 1. The third kappa shape index (κ3) is 22.1. The lowest BCUT2D eigenvalue weighted by Crippen LogP contribution is -2.29.